The molecule has 0 bridgehead atoms. The SMILES string of the molecule is N#Cc1c(N2CCOCC2)cc(-c2cccs2)nc1NCc1ccc(C(=O)[O-])cc1.[Na+]. The number of carboxylic acid groups (broad SMARTS) is 1. The molecule has 0 atom stereocenters. The average Bonchev–Trinajstić information content (AvgIpc) is 3.33. The Morgan fingerprint density at radius 2 is 2.00 bits per heavy atom. The number of carbonyl (C=O) groups excluding carboxylic acids is 1. The summed E-state index contributed by atoms with van der Waals surface area (Å²) >= 11 is 1.59. The number of anilines is 2. The molecule has 0 spiro atoms. The molecule has 0 amide bonds. The smallest absolute Gasteiger partial charge is 0.545 e. The van der Waals surface area contributed by atoms with Gasteiger partial charge in [-0.2, -0.15) is 5.26 Å². The summed E-state index contributed by atoms with van der Waals surface area (Å²) in [5, 5.41) is 26.1. The molecular formula is C22H19N4NaO3S. The van der Waals surface area contributed by atoms with Crippen molar-refractivity contribution in [2.75, 3.05) is 36.5 Å². The van der Waals surface area contributed by atoms with Crippen LogP contribution in [-0.4, -0.2) is 37.3 Å². The molecule has 1 saturated heterocycles. The topological polar surface area (TPSA) is 101 Å². The fourth-order valence-electron chi connectivity index (χ4n) is 3.32. The number of rotatable bonds is 6. The van der Waals surface area contributed by atoms with E-state index in [1.807, 2.05) is 23.6 Å². The number of nitriles is 1. The first kappa shape index (κ1) is 23.3. The van der Waals surface area contributed by atoms with Crippen molar-refractivity contribution in [3.05, 3.63) is 64.5 Å². The van der Waals surface area contributed by atoms with Crippen LogP contribution in [0.1, 0.15) is 21.5 Å². The van der Waals surface area contributed by atoms with Crippen LogP contribution >= 0.6 is 11.3 Å². The van der Waals surface area contributed by atoms with Gasteiger partial charge in [-0.3, -0.25) is 0 Å². The van der Waals surface area contributed by atoms with E-state index in [-0.39, 0.29) is 35.1 Å². The molecule has 2 aromatic heterocycles. The monoisotopic (exact) mass is 442 g/mol. The number of nitrogens with zero attached hydrogens (tertiary/aromatic N) is 3. The van der Waals surface area contributed by atoms with Crippen LogP contribution in [0.3, 0.4) is 0 Å². The fraction of sp³-hybridized carbons (Fsp3) is 0.227. The molecule has 3 aromatic rings. The van der Waals surface area contributed by atoms with Gasteiger partial charge in [0.1, 0.15) is 17.5 Å². The largest absolute Gasteiger partial charge is 1.00 e. The molecule has 1 aliphatic rings. The molecule has 3 heterocycles. The zero-order chi connectivity index (χ0) is 20.9. The summed E-state index contributed by atoms with van der Waals surface area (Å²) in [6.07, 6.45) is 0. The maximum Gasteiger partial charge on any atom is 1.00 e. The Bertz CT molecular complexity index is 1080. The van der Waals surface area contributed by atoms with Crippen molar-refractivity contribution in [2.24, 2.45) is 0 Å². The fourth-order valence-corrected chi connectivity index (χ4v) is 4.00. The van der Waals surface area contributed by atoms with E-state index in [0.717, 1.165) is 21.8 Å². The summed E-state index contributed by atoms with van der Waals surface area (Å²) in [7, 11) is 0. The van der Waals surface area contributed by atoms with Crippen LogP contribution in [0.2, 0.25) is 0 Å². The van der Waals surface area contributed by atoms with E-state index in [4.69, 9.17) is 9.72 Å². The minimum absolute atomic E-state index is 0. The van der Waals surface area contributed by atoms with Crippen LogP contribution in [0.5, 0.6) is 0 Å². The summed E-state index contributed by atoms with van der Waals surface area (Å²) in [6.45, 7) is 3.08. The second-order valence-electron chi connectivity index (χ2n) is 6.78. The molecule has 0 aliphatic carbocycles. The third kappa shape index (κ3) is 5.45. The minimum Gasteiger partial charge on any atom is -0.545 e. The van der Waals surface area contributed by atoms with Gasteiger partial charge in [0.05, 0.1) is 35.4 Å². The number of carbonyl (C=O) groups is 1. The number of aromatic nitrogens is 1. The van der Waals surface area contributed by atoms with E-state index in [0.29, 0.717) is 44.2 Å². The van der Waals surface area contributed by atoms with Crippen LogP contribution < -0.4 is 44.9 Å². The quantitative estimate of drug-likeness (QED) is 0.514. The number of nitrogens with one attached hydrogen (secondary N) is 1. The predicted octanol–water partition coefficient (Wildman–Crippen LogP) is -0.502. The summed E-state index contributed by atoms with van der Waals surface area (Å²) in [5.41, 5.74) is 3.14. The summed E-state index contributed by atoms with van der Waals surface area (Å²) in [4.78, 5) is 18.8. The number of ether oxygens (including phenoxy) is 1. The van der Waals surface area contributed by atoms with Crippen molar-refractivity contribution in [1.82, 2.24) is 4.98 Å². The van der Waals surface area contributed by atoms with Crippen LogP contribution in [-0.2, 0) is 11.3 Å². The molecule has 152 valence electrons. The number of hydrogen-bond donors (Lipinski definition) is 1. The molecular weight excluding hydrogens is 423 g/mol. The van der Waals surface area contributed by atoms with Gasteiger partial charge in [-0.15, -0.1) is 11.3 Å². The van der Waals surface area contributed by atoms with E-state index in [1.165, 1.54) is 12.1 Å². The summed E-state index contributed by atoms with van der Waals surface area (Å²) < 4.78 is 5.46. The average molecular weight is 442 g/mol. The Labute approximate surface area is 206 Å². The van der Waals surface area contributed by atoms with Crippen LogP contribution in [0, 0.1) is 11.3 Å². The van der Waals surface area contributed by atoms with E-state index in [2.05, 4.69) is 16.3 Å². The molecule has 4 rings (SSSR count). The van der Waals surface area contributed by atoms with Gasteiger partial charge in [0, 0.05) is 19.6 Å². The number of thiophene rings is 1. The van der Waals surface area contributed by atoms with Gasteiger partial charge in [0.15, 0.2) is 0 Å². The Morgan fingerprint density at radius 1 is 1.26 bits per heavy atom. The minimum atomic E-state index is -1.21. The zero-order valence-corrected chi connectivity index (χ0v) is 19.9. The summed E-state index contributed by atoms with van der Waals surface area (Å²) in [5.74, 6) is -0.699. The van der Waals surface area contributed by atoms with Crippen molar-refractivity contribution in [2.45, 2.75) is 6.54 Å². The zero-order valence-electron chi connectivity index (χ0n) is 17.1. The van der Waals surface area contributed by atoms with Crippen molar-refractivity contribution in [1.29, 1.82) is 5.26 Å². The van der Waals surface area contributed by atoms with Gasteiger partial charge >= 0.3 is 29.6 Å². The second kappa shape index (κ2) is 10.8. The van der Waals surface area contributed by atoms with Gasteiger partial charge in [-0.05, 0) is 28.6 Å². The Morgan fingerprint density at radius 3 is 2.61 bits per heavy atom. The van der Waals surface area contributed by atoms with Gasteiger partial charge in [0.2, 0.25) is 0 Å². The Kier molecular flexibility index (Phi) is 8.07. The van der Waals surface area contributed by atoms with Crippen LogP contribution in [0.25, 0.3) is 10.6 Å². The van der Waals surface area contributed by atoms with Crippen molar-refractivity contribution in [3.63, 3.8) is 0 Å². The molecule has 1 N–H and O–H groups in total. The van der Waals surface area contributed by atoms with Gasteiger partial charge in [0.25, 0.3) is 0 Å². The molecule has 0 saturated carbocycles. The van der Waals surface area contributed by atoms with E-state index < -0.39 is 5.97 Å². The second-order valence-corrected chi connectivity index (χ2v) is 7.72. The normalized spacial score (nSPS) is 13.2. The number of hydrogen-bond acceptors (Lipinski definition) is 8. The maximum atomic E-state index is 10.9. The molecule has 7 nitrogen and oxygen atoms in total. The van der Waals surface area contributed by atoms with Gasteiger partial charge < -0.3 is 24.9 Å². The first-order chi connectivity index (χ1) is 14.7. The van der Waals surface area contributed by atoms with Crippen molar-refractivity contribution < 1.29 is 44.2 Å². The third-order valence-corrected chi connectivity index (χ3v) is 5.78. The third-order valence-electron chi connectivity index (χ3n) is 4.89. The van der Waals surface area contributed by atoms with E-state index in [1.54, 1.807) is 23.5 Å². The number of benzene rings is 1. The molecule has 0 radical (unpaired) electrons. The van der Waals surface area contributed by atoms with Crippen molar-refractivity contribution >= 4 is 28.8 Å². The van der Waals surface area contributed by atoms with Gasteiger partial charge in [-0.1, -0.05) is 30.3 Å². The number of morpholine rings is 1. The molecule has 9 heteroatoms. The van der Waals surface area contributed by atoms with Crippen molar-refractivity contribution in [3.8, 4) is 16.6 Å². The molecule has 1 aromatic carbocycles. The molecule has 31 heavy (non-hydrogen) atoms. The van der Waals surface area contributed by atoms with E-state index in [9.17, 15) is 15.2 Å². The first-order valence-corrected chi connectivity index (χ1v) is 10.4. The molecule has 1 aliphatic heterocycles. The number of pyridine rings is 1. The molecule has 1 fully saturated rings. The number of aromatic carboxylic acids is 1. The van der Waals surface area contributed by atoms with E-state index >= 15 is 0 Å². The maximum absolute atomic E-state index is 10.9. The van der Waals surface area contributed by atoms with Crippen LogP contribution in [0.4, 0.5) is 11.5 Å². The predicted molar refractivity (Wildman–Crippen MR) is 113 cm³/mol. The van der Waals surface area contributed by atoms with Gasteiger partial charge in [-0.25, -0.2) is 4.98 Å². The summed E-state index contributed by atoms with van der Waals surface area (Å²) in [6, 6.07) is 14.7. The first-order valence-electron chi connectivity index (χ1n) is 9.51. The Balaban J connectivity index is 0.00000272. The molecule has 0 unspecified atom stereocenters. The standard InChI is InChI=1S/C22H20N4O3S.Na/c23-13-17-19(26-7-9-29-10-8-26)12-18(20-2-1-11-30-20)25-21(17)24-14-15-3-5-16(6-4-15)22(27)28;/h1-6,11-12H,7-10,14H2,(H,24,25)(H,27,28);/q;+1/p-1. The van der Waals surface area contributed by atoms with Crippen LogP contribution in [0.15, 0.2) is 47.8 Å². The Hall–Kier alpha value is -2.41. The number of carboxylic acids is 1.